The van der Waals surface area contributed by atoms with Crippen LogP contribution in [-0.2, 0) is 4.79 Å². The van der Waals surface area contributed by atoms with Crippen LogP contribution in [0.15, 0.2) is 22.7 Å². The lowest BCUT2D eigenvalue weighted by Gasteiger charge is -2.11. The van der Waals surface area contributed by atoms with Crippen molar-refractivity contribution in [3.8, 4) is 0 Å². The molecule has 0 aromatic heterocycles. The summed E-state index contributed by atoms with van der Waals surface area (Å²) < 4.78 is 13.9. The highest BCUT2D eigenvalue weighted by atomic mass is 79.9. The van der Waals surface area contributed by atoms with Crippen LogP contribution in [0.4, 0.5) is 10.1 Å². The van der Waals surface area contributed by atoms with E-state index in [0.717, 1.165) is 0 Å². The Morgan fingerprint density at radius 3 is 2.88 bits per heavy atom. The predicted octanol–water partition coefficient (Wildman–Crippen LogP) is 2.51. The van der Waals surface area contributed by atoms with Crippen molar-refractivity contribution in [1.29, 1.82) is 0 Å². The number of nitrogens with one attached hydrogen (secondary N) is 1. The van der Waals surface area contributed by atoms with E-state index in [0.29, 0.717) is 11.0 Å². The van der Waals surface area contributed by atoms with Crippen LogP contribution in [0, 0.1) is 11.7 Å². The lowest BCUT2D eigenvalue weighted by molar-refractivity contribution is -0.116. The molecule has 1 amide bonds. The first-order chi connectivity index (χ1) is 7.54. The number of anilines is 1. The second-order valence-corrected chi connectivity index (χ2v) is 4.54. The Kier molecular flexibility index (Phi) is 4.89. The first-order valence-electron chi connectivity index (χ1n) is 4.98. The summed E-state index contributed by atoms with van der Waals surface area (Å²) in [6.45, 7) is 2.31. The molecule has 1 rings (SSSR count). The Morgan fingerprint density at radius 2 is 2.31 bits per heavy atom. The summed E-state index contributed by atoms with van der Waals surface area (Å²) >= 11 is 3.18. The topological polar surface area (TPSA) is 55.1 Å². The summed E-state index contributed by atoms with van der Waals surface area (Å²) in [6, 6.07) is 4.54. The van der Waals surface area contributed by atoms with Crippen molar-refractivity contribution < 1.29 is 9.18 Å². The van der Waals surface area contributed by atoms with E-state index in [9.17, 15) is 9.18 Å². The van der Waals surface area contributed by atoms with Crippen molar-refractivity contribution in [2.24, 2.45) is 11.7 Å². The summed E-state index contributed by atoms with van der Waals surface area (Å²) in [6.07, 6.45) is 0.289. The van der Waals surface area contributed by atoms with Crippen molar-refractivity contribution in [3.05, 3.63) is 28.5 Å². The molecule has 5 heteroatoms. The summed E-state index contributed by atoms with van der Waals surface area (Å²) in [5.74, 6) is -0.600. The molecule has 0 saturated carbocycles. The van der Waals surface area contributed by atoms with Crippen LogP contribution in [0.3, 0.4) is 0 Å². The molecule has 1 aromatic rings. The minimum absolute atomic E-state index is 0.0885. The molecule has 16 heavy (non-hydrogen) atoms. The highest BCUT2D eigenvalue weighted by molar-refractivity contribution is 9.10. The molecule has 0 heterocycles. The van der Waals surface area contributed by atoms with Gasteiger partial charge in [0.1, 0.15) is 5.82 Å². The van der Waals surface area contributed by atoms with Gasteiger partial charge >= 0.3 is 0 Å². The van der Waals surface area contributed by atoms with Crippen LogP contribution >= 0.6 is 15.9 Å². The summed E-state index contributed by atoms with van der Waals surface area (Å²) in [7, 11) is 0. The molecule has 0 fully saturated rings. The van der Waals surface area contributed by atoms with Gasteiger partial charge in [0.15, 0.2) is 0 Å². The zero-order chi connectivity index (χ0) is 12.1. The normalized spacial score (nSPS) is 12.2. The average molecular weight is 289 g/mol. The van der Waals surface area contributed by atoms with E-state index < -0.39 is 5.82 Å². The highest BCUT2D eigenvalue weighted by Gasteiger charge is 2.12. The van der Waals surface area contributed by atoms with E-state index in [1.165, 1.54) is 6.07 Å². The number of halogens is 2. The summed E-state index contributed by atoms with van der Waals surface area (Å²) in [5.41, 5.74) is 5.59. The highest BCUT2D eigenvalue weighted by Crippen LogP contribution is 2.25. The van der Waals surface area contributed by atoms with Gasteiger partial charge in [-0.2, -0.15) is 0 Å². The Hall–Kier alpha value is -0.940. The van der Waals surface area contributed by atoms with Crippen LogP contribution < -0.4 is 11.1 Å². The van der Waals surface area contributed by atoms with Gasteiger partial charge in [-0.25, -0.2) is 4.39 Å². The smallest absolute Gasteiger partial charge is 0.224 e. The third-order valence-electron chi connectivity index (χ3n) is 2.16. The molecule has 3 nitrogen and oxygen atoms in total. The van der Waals surface area contributed by atoms with Crippen LogP contribution in [0.25, 0.3) is 0 Å². The maximum absolute atomic E-state index is 13.4. The fourth-order valence-electron chi connectivity index (χ4n) is 1.21. The Bertz CT molecular complexity index is 364. The molecule has 0 aliphatic heterocycles. The van der Waals surface area contributed by atoms with E-state index in [-0.39, 0.29) is 23.9 Å². The van der Waals surface area contributed by atoms with Crippen molar-refractivity contribution in [3.63, 3.8) is 0 Å². The Balaban J connectivity index is 2.70. The Labute approximate surface area is 102 Å². The van der Waals surface area contributed by atoms with Crippen molar-refractivity contribution >= 4 is 27.5 Å². The second kappa shape index (κ2) is 5.96. The monoisotopic (exact) mass is 288 g/mol. The van der Waals surface area contributed by atoms with Gasteiger partial charge < -0.3 is 11.1 Å². The first kappa shape index (κ1) is 13.1. The quantitative estimate of drug-likeness (QED) is 0.894. The lowest BCUT2D eigenvalue weighted by Crippen LogP contribution is -2.20. The van der Waals surface area contributed by atoms with Gasteiger partial charge in [-0.15, -0.1) is 0 Å². The number of carbonyl (C=O) groups is 1. The predicted molar refractivity (Wildman–Crippen MR) is 65.6 cm³/mol. The number of nitrogens with two attached hydrogens (primary N) is 1. The van der Waals surface area contributed by atoms with Gasteiger partial charge in [0, 0.05) is 10.9 Å². The van der Waals surface area contributed by atoms with Gasteiger partial charge in [0.2, 0.25) is 5.91 Å². The number of amides is 1. The number of para-hydroxylation sites is 1. The van der Waals surface area contributed by atoms with Crippen LogP contribution in [-0.4, -0.2) is 12.5 Å². The summed E-state index contributed by atoms with van der Waals surface area (Å²) in [4.78, 5) is 11.5. The molecule has 0 radical (unpaired) electrons. The molecule has 0 saturated heterocycles. The number of carbonyl (C=O) groups excluding carboxylic acids is 1. The van der Waals surface area contributed by atoms with E-state index in [2.05, 4.69) is 21.2 Å². The van der Waals surface area contributed by atoms with Gasteiger partial charge in [-0.05, 0) is 40.5 Å². The van der Waals surface area contributed by atoms with Gasteiger partial charge in [0.25, 0.3) is 0 Å². The van der Waals surface area contributed by atoms with Crippen molar-refractivity contribution in [2.45, 2.75) is 13.3 Å². The molecule has 0 spiro atoms. The standard InChI is InChI=1S/C11H14BrFN2O/c1-7(6-14)5-10(16)15-11-8(12)3-2-4-9(11)13/h2-4,7H,5-6,14H2,1H3,(H,15,16). The number of hydrogen-bond acceptors (Lipinski definition) is 2. The zero-order valence-electron chi connectivity index (χ0n) is 8.97. The molecule has 1 aromatic carbocycles. The zero-order valence-corrected chi connectivity index (χ0v) is 10.6. The largest absolute Gasteiger partial charge is 0.330 e. The van der Waals surface area contributed by atoms with Crippen LogP contribution in [0.5, 0.6) is 0 Å². The molecule has 0 aliphatic rings. The van der Waals surface area contributed by atoms with E-state index in [4.69, 9.17) is 5.73 Å². The molecule has 88 valence electrons. The van der Waals surface area contributed by atoms with Crippen LogP contribution in [0.2, 0.25) is 0 Å². The average Bonchev–Trinajstić information content (AvgIpc) is 2.23. The van der Waals surface area contributed by atoms with E-state index in [1.54, 1.807) is 12.1 Å². The van der Waals surface area contributed by atoms with E-state index in [1.807, 2.05) is 6.92 Å². The van der Waals surface area contributed by atoms with E-state index >= 15 is 0 Å². The molecular formula is C11H14BrFN2O. The maximum atomic E-state index is 13.4. The maximum Gasteiger partial charge on any atom is 0.224 e. The lowest BCUT2D eigenvalue weighted by atomic mass is 10.1. The molecule has 1 atom stereocenters. The number of rotatable bonds is 4. The molecule has 0 aliphatic carbocycles. The molecule has 3 N–H and O–H groups in total. The molecule has 1 unspecified atom stereocenters. The van der Waals surface area contributed by atoms with Crippen LogP contribution in [0.1, 0.15) is 13.3 Å². The third kappa shape index (κ3) is 3.57. The second-order valence-electron chi connectivity index (χ2n) is 3.69. The SMILES string of the molecule is CC(CN)CC(=O)Nc1c(F)cccc1Br. The number of benzene rings is 1. The van der Waals surface area contributed by atoms with Gasteiger partial charge in [0.05, 0.1) is 5.69 Å². The van der Waals surface area contributed by atoms with Gasteiger partial charge in [-0.3, -0.25) is 4.79 Å². The van der Waals surface area contributed by atoms with Gasteiger partial charge in [-0.1, -0.05) is 13.0 Å². The minimum Gasteiger partial charge on any atom is -0.330 e. The third-order valence-corrected chi connectivity index (χ3v) is 2.82. The fraction of sp³-hybridized carbons (Fsp3) is 0.364. The minimum atomic E-state index is -0.455. The van der Waals surface area contributed by atoms with Crippen molar-refractivity contribution in [2.75, 3.05) is 11.9 Å². The summed E-state index contributed by atoms with van der Waals surface area (Å²) in [5, 5.41) is 2.53. The fourth-order valence-corrected chi connectivity index (χ4v) is 1.65. The first-order valence-corrected chi connectivity index (χ1v) is 5.77. The van der Waals surface area contributed by atoms with Crippen molar-refractivity contribution in [1.82, 2.24) is 0 Å². The molecule has 0 bridgehead atoms. The number of hydrogen-bond donors (Lipinski definition) is 2. The Morgan fingerprint density at radius 1 is 1.62 bits per heavy atom. The molecular weight excluding hydrogens is 275 g/mol.